The van der Waals surface area contributed by atoms with Gasteiger partial charge in [0.1, 0.15) is 12.1 Å². The van der Waals surface area contributed by atoms with E-state index in [9.17, 15) is 39.6 Å². The van der Waals surface area contributed by atoms with E-state index in [2.05, 4.69) is 10.6 Å². The Bertz CT molecular complexity index is 1450. The first-order valence-electron chi connectivity index (χ1n) is 12.7. The van der Waals surface area contributed by atoms with Gasteiger partial charge in [-0.15, -0.1) is 9.46 Å². The first-order valence-corrected chi connectivity index (χ1v) is 15.2. The Morgan fingerprint density at radius 2 is 0.886 bits per heavy atom. The van der Waals surface area contributed by atoms with Gasteiger partial charge in [-0.1, -0.05) is 58.0 Å². The van der Waals surface area contributed by atoms with Crippen molar-refractivity contribution in [1.82, 2.24) is 20.1 Å². The second-order valence-corrected chi connectivity index (χ2v) is 11.4. The van der Waals surface area contributed by atoms with Crippen molar-refractivity contribution >= 4 is 45.3 Å². The third-order valence-electron chi connectivity index (χ3n) is 5.76. The molecule has 6 N–H and O–H groups in total. The van der Waals surface area contributed by atoms with Gasteiger partial charge in [0.25, 0.3) is 11.8 Å². The third-order valence-corrected chi connectivity index (χ3v) is 8.18. The number of nitrogens with zero attached hydrogens (tertiary/aromatic N) is 2. The number of hydrogen-bond donors (Lipinski definition) is 6. The van der Waals surface area contributed by atoms with Crippen LogP contribution in [0.15, 0.2) is 84.9 Å². The number of aromatic nitrogens is 2. The van der Waals surface area contributed by atoms with Crippen molar-refractivity contribution in [1.29, 1.82) is 0 Å². The Morgan fingerprint density at radius 3 is 1.20 bits per heavy atom. The molecule has 2 aromatic carbocycles. The van der Waals surface area contributed by atoms with Crippen LogP contribution in [0, 0.1) is 0 Å². The number of benzene rings is 2. The molecule has 4 aromatic rings. The number of carbonyl (C=O) groups excluding carboxylic acids is 4. The monoisotopic (exact) mass is 642 g/mol. The third kappa shape index (κ3) is 8.20. The number of hydrogen-bond acceptors (Lipinski definition) is 12. The highest BCUT2D eigenvalue weighted by atomic mass is 33.1. The summed E-state index contributed by atoms with van der Waals surface area (Å²) in [6, 6.07) is 17.9. The molecule has 0 saturated carbocycles. The van der Waals surface area contributed by atoms with Crippen LogP contribution >= 0.6 is 21.6 Å². The first-order chi connectivity index (χ1) is 21.1. The van der Waals surface area contributed by atoms with E-state index in [1.807, 2.05) is 0 Å². The standard InChI is InChI=1S/C28H26N4O10S2/c33-21-11-12-22(34)31(21)41-27(39)19(29-25(37)17-7-3-1-4-8-17)15-43-44-16-20(30-26(38)18-9-5-2-6-10-18)28(40)42-32-23(35)13-14-24(32)36/h1-14,19-20,33-36H,15-16H2,(H,29,37)(H,30,38)/t19-,20-/m0/s1. The molecule has 2 heterocycles. The van der Waals surface area contributed by atoms with Crippen molar-refractivity contribution in [3.63, 3.8) is 0 Å². The molecule has 0 aliphatic rings. The van der Waals surface area contributed by atoms with Gasteiger partial charge in [0.2, 0.25) is 23.5 Å². The van der Waals surface area contributed by atoms with Crippen LogP contribution in [-0.4, -0.2) is 77.2 Å². The highest BCUT2D eigenvalue weighted by Crippen LogP contribution is 2.25. The van der Waals surface area contributed by atoms with Crippen LogP contribution in [0.3, 0.4) is 0 Å². The van der Waals surface area contributed by atoms with E-state index in [1.165, 1.54) is 24.3 Å². The van der Waals surface area contributed by atoms with Gasteiger partial charge in [-0.05, 0) is 24.3 Å². The Kier molecular flexibility index (Phi) is 10.7. The van der Waals surface area contributed by atoms with Crippen LogP contribution in [0.1, 0.15) is 20.7 Å². The molecule has 16 heteroatoms. The summed E-state index contributed by atoms with van der Waals surface area (Å²) in [6.45, 7) is 0. The van der Waals surface area contributed by atoms with Crippen LogP contribution in [0.4, 0.5) is 0 Å². The topological polar surface area (TPSA) is 202 Å². The van der Waals surface area contributed by atoms with Crippen LogP contribution in [-0.2, 0) is 9.59 Å². The van der Waals surface area contributed by atoms with Gasteiger partial charge in [-0.2, -0.15) is 0 Å². The fourth-order valence-electron chi connectivity index (χ4n) is 3.53. The van der Waals surface area contributed by atoms with Crippen molar-refractivity contribution in [2.45, 2.75) is 12.1 Å². The maximum Gasteiger partial charge on any atom is 0.356 e. The van der Waals surface area contributed by atoms with E-state index in [0.29, 0.717) is 9.46 Å². The van der Waals surface area contributed by atoms with Gasteiger partial charge in [-0.25, -0.2) is 9.59 Å². The lowest BCUT2D eigenvalue weighted by Crippen LogP contribution is -2.47. The summed E-state index contributed by atoms with van der Waals surface area (Å²) in [5.41, 5.74) is 0.523. The molecule has 0 unspecified atom stereocenters. The predicted octanol–water partition coefficient (Wildman–Crippen LogP) is 1.70. The number of carbonyl (C=O) groups is 4. The molecule has 44 heavy (non-hydrogen) atoms. The smallest absolute Gasteiger partial charge is 0.356 e. The summed E-state index contributed by atoms with van der Waals surface area (Å²) >= 11 is 0. The maximum atomic E-state index is 13.0. The highest BCUT2D eigenvalue weighted by Gasteiger charge is 2.28. The summed E-state index contributed by atoms with van der Waals surface area (Å²) in [6.07, 6.45) is 0. The minimum atomic E-state index is -1.29. The molecule has 0 bridgehead atoms. The second kappa shape index (κ2) is 14.8. The normalized spacial score (nSPS) is 12.1. The molecule has 0 radical (unpaired) electrons. The SMILES string of the molecule is O=C(N[C@@H](CSSC[C@H](NC(=O)c1ccccc1)C(=O)On1c(O)ccc1O)C(=O)On1c(O)ccc1O)c1ccccc1. The summed E-state index contributed by atoms with van der Waals surface area (Å²) < 4.78 is 0.970. The van der Waals surface area contributed by atoms with Gasteiger partial charge in [0.05, 0.1) is 0 Å². The zero-order valence-corrected chi connectivity index (χ0v) is 24.2. The minimum absolute atomic E-state index is 0.113. The van der Waals surface area contributed by atoms with Crippen LogP contribution < -0.4 is 20.3 Å². The molecule has 0 aliphatic heterocycles. The lowest BCUT2D eigenvalue weighted by molar-refractivity contribution is -0.147. The number of aromatic hydroxyl groups is 4. The van der Waals surface area contributed by atoms with Crippen LogP contribution in [0.5, 0.6) is 23.5 Å². The van der Waals surface area contributed by atoms with Crippen molar-refractivity contribution in [3.05, 3.63) is 96.1 Å². The van der Waals surface area contributed by atoms with E-state index in [4.69, 9.17) is 9.68 Å². The summed E-state index contributed by atoms with van der Waals surface area (Å²) in [4.78, 5) is 61.7. The molecule has 0 aliphatic carbocycles. The quantitative estimate of drug-likeness (QED) is 0.0912. The van der Waals surface area contributed by atoms with E-state index in [0.717, 1.165) is 45.9 Å². The van der Waals surface area contributed by atoms with E-state index in [-0.39, 0.29) is 22.6 Å². The van der Waals surface area contributed by atoms with Crippen LogP contribution in [0.2, 0.25) is 0 Å². The number of nitrogens with one attached hydrogen (secondary N) is 2. The molecule has 0 spiro atoms. The average molecular weight is 643 g/mol. The molecule has 4 rings (SSSR count). The molecular formula is C28H26N4O10S2. The molecule has 14 nitrogen and oxygen atoms in total. The minimum Gasteiger partial charge on any atom is -0.492 e. The van der Waals surface area contributed by atoms with Crippen molar-refractivity contribution in [2.24, 2.45) is 0 Å². The molecule has 0 fully saturated rings. The largest absolute Gasteiger partial charge is 0.492 e. The van der Waals surface area contributed by atoms with Crippen LogP contribution in [0.25, 0.3) is 0 Å². The van der Waals surface area contributed by atoms with E-state index in [1.54, 1.807) is 36.4 Å². The Hall–Kier alpha value is -5.22. The van der Waals surface area contributed by atoms with E-state index >= 15 is 0 Å². The predicted molar refractivity (Wildman–Crippen MR) is 159 cm³/mol. The summed E-state index contributed by atoms with van der Waals surface area (Å²) in [7, 11) is 2.07. The zero-order valence-electron chi connectivity index (χ0n) is 22.6. The molecule has 2 amide bonds. The fraction of sp³-hybridized carbons (Fsp3) is 0.143. The highest BCUT2D eigenvalue weighted by molar-refractivity contribution is 8.76. The lowest BCUT2D eigenvalue weighted by Gasteiger charge is -2.19. The van der Waals surface area contributed by atoms with Crippen molar-refractivity contribution < 1.29 is 49.3 Å². The second-order valence-electron chi connectivity index (χ2n) is 8.86. The Labute approximate surface area is 257 Å². The zero-order chi connectivity index (χ0) is 31.6. The molecule has 230 valence electrons. The maximum absolute atomic E-state index is 13.0. The fourth-order valence-corrected chi connectivity index (χ4v) is 5.83. The van der Waals surface area contributed by atoms with Crippen molar-refractivity contribution in [2.75, 3.05) is 11.5 Å². The van der Waals surface area contributed by atoms with E-state index < -0.39 is 59.4 Å². The molecular weight excluding hydrogens is 616 g/mol. The molecule has 2 aromatic heterocycles. The van der Waals surface area contributed by atoms with Gasteiger partial charge in [0.15, 0.2) is 0 Å². The lowest BCUT2D eigenvalue weighted by atomic mass is 10.2. The van der Waals surface area contributed by atoms with Crippen molar-refractivity contribution in [3.8, 4) is 23.5 Å². The Balaban J connectivity index is 1.44. The van der Waals surface area contributed by atoms with Gasteiger partial charge >= 0.3 is 11.9 Å². The number of amides is 2. The summed E-state index contributed by atoms with van der Waals surface area (Å²) in [5, 5.41) is 44.5. The molecule has 2 atom stereocenters. The van der Waals surface area contributed by atoms with Gasteiger partial charge in [0, 0.05) is 46.9 Å². The number of rotatable bonds is 13. The Morgan fingerprint density at radius 1 is 0.568 bits per heavy atom. The summed E-state index contributed by atoms with van der Waals surface area (Å²) in [5.74, 6) is -5.67. The van der Waals surface area contributed by atoms with Gasteiger partial charge < -0.3 is 40.7 Å². The van der Waals surface area contributed by atoms with Gasteiger partial charge in [-0.3, -0.25) is 9.59 Å². The molecule has 0 saturated heterocycles. The first kappa shape index (κ1) is 31.7. The average Bonchev–Trinajstić information content (AvgIpc) is 3.52.